The molecule has 0 aromatic heterocycles. The normalized spacial score (nSPS) is 12.7. The third-order valence-corrected chi connectivity index (χ3v) is 3.22. The van der Waals surface area contributed by atoms with Gasteiger partial charge in [0.05, 0.1) is 0 Å². The highest BCUT2D eigenvalue weighted by Gasteiger charge is 1.86. The van der Waals surface area contributed by atoms with E-state index in [1.807, 2.05) is 13.8 Å². The molecule has 0 aromatic rings. The van der Waals surface area contributed by atoms with Gasteiger partial charge in [-0.25, -0.2) is 0 Å². The van der Waals surface area contributed by atoms with Crippen molar-refractivity contribution in [1.82, 2.24) is 0 Å². The van der Waals surface area contributed by atoms with Crippen molar-refractivity contribution in [2.75, 3.05) is 13.2 Å². The first kappa shape index (κ1) is 9.31. The molecule has 0 N–H and O–H groups in total. The lowest BCUT2D eigenvalue weighted by Crippen LogP contribution is -2.10. The molecule has 3 nitrogen and oxygen atoms in total. The van der Waals surface area contributed by atoms with Crippen LogP contribution in [0.3, 0.4) is 0 Å². The van der Waals surface area contributed by atoms with Crippen LogP contribution >= 0.6 is 0 Å². The standard InChI is InChI=1S/C4H14O3Si2/c1-3-5-8-7-9-6-4-2/h3-4,8-9H2,1-2H3. The van der Waals surface area contributed by atoms with Gasteiger partial charge in [0.2, 0.25) is 0 Å². The Morgan fingerprint density at radius 2 is 1.44 bits per heavy atom. The highest BCUT2D eigenvalue weighted by atomic mass is 28.3. The molecule has 0 aliphatic heterocycles. The second-order valence-electron chi connectivity index (χ2n) is 1.43. The minimum Gasteiger partial charge on any atom is -0.424 e. The van der Waals surface area contributed by atoms with Gasteiger partial charge in [-0.2, -0.15) is 0 Å². The van der Waals surface area contributed by atoms with Gasteiger partial charge < -0.3 is 13.0 Å². The van der Waals surface area contributed by atoms with Gasteiger partial charge in [0.1, 0.15) is 0 Å². The Balaban J connectivity index is 2.60. The maximum atomic E-state index is 5.15. The van der Waals surface area contributed by atoms with Crippen LogP contribution in [0.25, 0.3) is 0 Å². The van der Waals surface area contributed by atoms with Crippen molar-refractivity contribution in [2.45, 2.75) is 13.8 Å². The maximum absolute atomic E-state index is 5.15. The van der Waals surface area contributed by atoms with Crippen molar-refractivity contribution in [3.8, 4) is 0 Å². The highest BCUT2D eigenvalue weighted by Crippen LogP contribution is 1.73. The van der Waals surface area contributed by atoms with E-state index >= 15 is 0 Å². The molecule has 0 bridgehead atoms. The van der Waals surface area contributed by atoms with E-state index < -0.39 is 20.0 Å². The summed E-state index contributed by atoms with van der Waals surface area (Å²) in [5, 5.41) is 0. The van der Waals surface area contributed by atoms with E-state index in [-0.39, 0.29) is 0 Å². The van der Waals surface area contributed by atoms with Crippen LogP contribution in [0.15, 0.2) is 0 Å². The molecule has 0 saturated carbocycles. The minimum atomic E-state index is -0.672. The van der Waals surface area contributed by atoms with Crippen molar-refractivity contribution < 1.29 is 13.0 Å². The molecule has 0 radical (unpaired) electrons. The van der Waals surface area contributed by atoms with Crippen LogP contribution < -0.4 is 0 Å². The summed E-state index contributed by atoms with van der Waals surface area (Å²) in [7, 11) is -1.34. The number of rotatable bonds is 6. The summed E-state index contributed by atoms with van der Waals surface area (Å²) in [6.07, 6.45) is 0. The van der Waals surface area contributed by atoms with Gasteiger partial charge >= 0.3 is 0 Å². The van der Waals surface area contributed by atoms with Crippen LogP contribution in [0.4, 0.5) is 0 Å². The molecular weight excluding hydrogens is 152 g/mol. The molecule has 0 heterocycles. The van der Waals surface area contributed by atoms with Gasteiger partial charge in [-0.05, 0) is 13.8 Å². The minimum absolute atomic E-state index is 0.672. The van der Waals surface area contributed by atoms with Crippen LogP contribution in [0.2, 0.25) is 0 Å². The smallest absolute Gasteiger partial charge is 0.295 e. The summed E-state index contributed by atoms with van der Waals surface area (Å²) in [5.41, 5.74) is 0. The fourth-order valence-corrected chi connectivity index (χ4v) is 1.87. The SMILES string of the molecule is CCO[SiH2]O[SiH2]OCC. The largest absolute Gasteiger partial charge is 0.424 e. The topological polar surface area (TPSA) is 27.7 Å². The van der Waals surface area contributed by atoms with Crippen molar-refractivity contribution in [2.24, 2.45) is 0 Å². The summed E-state index contributed by atoms with van der Waals surface area (Å²) >= 11 is 0. The summed E-state index contributed by atoms with van der Waals surface area (Å²) in [6.45, 7) is 5.48. The van der Waals surface area contributed by atoms with Gasteiger partial charge in [-0.15, -0.1) is 0 Å². The molecule has 0 aliphatic carbocycles. The van der Waals surface area contributed by atoms with E-state index in [0.717, 1.165) is 13.2 Å². The summed E-state index contributed by atoms with van der Waals surface area (Å²) < 4.78 is 15.3. The quantitative estimate of drug-likeness (QED) is 0.377. The Kier molecular flexibility index (Phi) is 8.60. The van der Waals surface area contributed by atoms with Crippen LogP contribution in [-0.4, -0.2) is 33.2 Å². The van der Waals surface area contributed by atoms with Gasteiger partial charge in [0.25, 0.3) is 20.0 Å². The van der Waals surface area contributed by atoms with Crippen molar-refractivity contribution >= 4 is 20.0 Å². The molecule has 0 amide bonds. The summed E-state index contributed by atoms with van der Waals surface area (Å²) in [4.78, 5) is 0. The Bertz CT molecular complexity index is 47.1. The lowest BCUT2D eigenvalue weighted by atomic mass is 10.9. The second kappa shape index (κ2) is 8.31. The zero-order valence-electron chi connectivity index (χ0n) is 6.05. The summed E-state index contributed by atoms with van der Waals surface area (Å²) in [5.74, 6) is 0. The molecule has 0 spiro atoms. The molecule has 5 heteroatoms. The van der Waals surface area contributed by atoms with Crippen LogP contribution in [0.5, 0.6) is 0 Å². The first-order valence-electron chi connectivity index (χ1n) is 3.15. The average molecular weight is 166 g/mol. The molecule has 0 unspecified atom stereocenters. The Hall–Kier alpha value is 0.314. The van der Waals surface area contributed by atoms with Crippen LogP contribution in [-0.2, 0) is 13.0 Å². The molecule has 0 rings (SSSR count). The highest BCUT2D eigenvalue weighted by molar-refractivity contribution is 6.34. The molecule has 0 aliphatic rings. The monoisotopic (exact) mass is 166 g/mol. The first-order chi connectivity index (χ1) is 4.41. The van der Waals surface area contributed by atoms with Crippen LogP contribution in [0, 0.1) is 0 Å². The van der Waals surface area contributed by atoms with E-state index in [0.29, 0.717) is 0 Å². The number of hydrogen-bond acceptors (Lipinski definition) is 3. The van der Waals surface area contributed by atoms with Crippen molar-refractivity contribution in [3.05, 3.63) is 0 Å². The third kappa shape index (κ3) is 8.31. The van der Waals surface area contributed by atoms with E-state index in [2.05, 4.69) is 0 Å². The van der Waals surface area contributed by atoms with Gasteiger partial charge in [-0.1, -0.05) is 0 Å². The zero-order valence-corrected chi connectivity index (χ0v) is 8.88. The Morgan fingerprint density at radius 3 is 1.78 bits per heavy atom. The van der Waals surface area contributed by atoms with E-state index in [9.17, 15) is 0 Å². The van der Waals surface area contributed by atoms with Crippen LogP contribution in [0.1, 0.15) is 13.8 Å². The predicted octanol–water partition coefficient (Wildman–Crippen LogP) is -0.926. The predicted molar refractivity (Wildman–Crippen MR) is 41.4 cm³/mol. The van der Waals surface area contributed by atoms with Gasteiger partial charge in [-0.3, -0.25) is 0 Å². The molecule has 0 fully saturated rings. The van der Waals surface area contributed by atoms with E-state index in [1.54, 1.807) is 0 Å². The fraction of sp³-hybridized carbons (Fsp3) is 1.00. The molecule has 56 valence electrons. The van der Waals surface area contributed by atoms with Gasteiger partial charge in [0.15, 0.2) is 0 Å². The molecule has 0 atom stereocenters. The van der Waals surface area contributed by atoms with Crippen molar-refractivity contribution in [1.29, 1.82) is 0 Å². The average Bonchev–Trinajstić information content (AvgIpc) is 1.89. The first-order valence-corrected chi connectivity index (χ1v) is 5.46. The fourth-order valence-electron chi connectivity index (χ4n) is 0.319. The second-order valence-corrected chi connectivity index (χ2v) is 4.35. The Morgan fingerprint density at radius 1 is 1.00 bits per heavy atom. The third-order valence-electron chi connectivity index (χ3n) is 0.742. The molecular formula is C4H14O3Si2. The number of hydrogen-bond donors (Lipinski definition) is 0. The molecule has 0 saturated heterocycles. The van der Waals surface area contributed by atoms with Gasteiger partial charge in [0, 0.05) is 13.2 Å². The maximum Gasteiger partial charge on any atom is 0.295 e. The summed E-state index contributed by atoms with van der Waals surface area (Å²) in [6, 6.07) is 0. The van der Waals surface area contributed by atoms with Crippen molar-refractivity contribution in [3.63, 3.8) is 0 Å². The lowest BCUT2D eigenvalue weighted by molar-refractivity contribution is 0.267. The molecule has 9 heavy (non-hydrogen) atoms. The lowest BCUT2D eigenvalue weighted by Gasteiger charge is -2.01. The van der Waals surface area contributed by atoms with E-state index in [1.165, 1.54) is 0 Å². The zero-order chi connectivity index (χ0) is 6.95. The van der Waals surface area contributed by atoms with E-state index in [4.69, 9.17) is 13.0 Å². The molecule has 0 aromatic carbocycles. The Labute approximate surface area is 60.8 Å².